The summed E-state index contributed by atoms with van der Waals surface area (Å²) >= 11 is 0. The molecule has 1 aromatic carbocycles. The van der Waals surface area contributed by atoms with Crippen molar-refractivity contribution in [3.63, 3.8) is 0 Å². The van der Waals surface area contributed by atoms with E-state index in [0.717, 1.165) is 24.8 Å². The number of fused-ring (bicyclic) bond motifs is 5. The number of carbonyl (C=O) groups is 1. The zero-order valence-corrected chi connectivity index (χ0v) is 18.8. The highest BCUT2D eigenvalue weighted by atomic mass is 16.8. The Kier molecular flexibility index (Phi) is 4.23. The molecule has 1 aromatic rings. The van der Waals surface area contributed by atoms with Crippen LogP contribution in [0.2, 0.25) is 0 Å². The largest absolute Gasteiger partial charge is 0.457 e. The van der Waals surface area contributed by atoms with E-state index in [0.29, 0.717) is 25.2 Å². The lowest BCUT2D eigenvalue weighted by atomic mass is 9.46. The number of benzene rings is 1. The smallest absolute Gasteiger partial charge is 0.264 e. The van der Waals surface area contributed by atoms with Gasteiger partial charge in [-0.2, -0.15) is 0 Å². The molecule has 0 amide bonds. The van der Waals surface area contributed by atoms with Gasteiger partial charge in [0, 0.05) is 16.7 Å². The molecule has 3 saturated carbocycles. The van der Waals surface area contributed by atoms with Crippen LogP contribution in [0.3, 0.4) is 0 Å². The summed E-state index contributed by atoms with van der Waals surface area (Å²) < 4.78 is 12.2. The molecule has 4 aliphatic carbocycles. The molecule has 5 nitrogen and oxygen atoms in total. The fourth-order valence-corrected chi connectivity index (χ4v) is 8.08. The van der Waals surface area contributed by atoms with Crippen LogP contribution in [0.5, 0.6) is 5.75 Å². The zero-order valence-electron chi connectivity index (χ0n) is 18.8. The van der Waals surface area contributed by atoms with Gasteiger partial charge in [0.05, 0.1) is 6.10 Å². The van der Waals surface area contributed by atoms with Gasteiger partial charge in [0.15, 0.2) is 5.78 Å². The van der Waals surface area contributed by atoms with Gasteiger partial charge in [0.25, 0.3) is 5.79 Å². The predicted molar refractivity (Wildman–Crippen MR) is 119 cm³/mol. The molecule has 0 unspecified atom stereocenters. The number of allylic oxidation sites excluding steroid dienone is 4. The first kappa shape index (κ1) is 20.6. The number of epoxide rings is 1. The van der Waals surface area contributed by atoms with E-state index in [1.807, 2.05) is 36.4 Å². The van der Waals surface area contributed by atoms with Crippen molar-refractivity contribution in [2.75, 3.05) is 6.61 Å². The second-order valence-electron chi connectivity index (χ2n) is 11.1. The van der Waals surface area contributed by atoms with Gasteiger partial charge in [0.2, 0.25) is 0 Å². The summed E-state index contributed by atoms with van der Waals surface area (Å²) in [5, 5.41) is 23.8. The molecular weight excluding hydrogens is 404 g/mol. The summed E-state index contributed by atoms with van der Waals surface area (Å²) in [5.41, 5.74) is -0.824. The highest BCUT2D eigenvalue weighted by Crippen LogP contribution is 2.70. The molecule has 32 heavy (non-hydrogen) atoms. The molecule has 8 atom stereocenters. The lowest BCUT2D eigenvalue weighted by molar-refractivity contribution is -0.223. The van der Waals surface area contributed by atoms with Gasteiger partial charge in [0.1, 0.15) is 18.0 Å². The SMILES string of the molecule is C[C@]12C=CC(=O)C=C1CC[C@@H]1[C@@H]2[C@@H](O)C[C@@]2(C)[C@H]1CC[C@]2(O)[C@]1(Oc2ccccc2)CO1. The monoisotopic (exact) mass is 436 g/mol. The quantitative estimate of drug-likeness (QED) is 0.705. The third kappa shape index (κ3) is 2.53. The summed E-state index contributed by atoms with van der Waals surface area (Å²) in [7, 11) is 0. The fourth-order valence-electron chi connectivity index (χ4n) is 8.08. The molecule has 6 rings (SSSR count). The highest BCUT2D eigenvalue weighted by Gasteiger charge is 2.77. The number of aliphatic hydroxyl groups is 2. The molecule has 4 fully saturated rings. The van der Waals surface area contributed by atoms with Crippen LogP contribution in [-0.4, -0.2) is 40.1 Å². The number of para-hydroxylation sites is 1. The number of aliphatic hydroxyl groups excluding tert-OH is 1. The lowest BCUT2D eigenvalue weighted by Crippen LogP contribution is -2.64. The number of rotatable bonds is 3. The summed E-state index contributed by atoms with van der Waals surface area (Å²) in [5.74, 6) is 0.295. The van der Waals surface area contributed by atoms with E-state index in [1.165, 1.54) is 0 Å². The van der Waals surface area contributed by atoms with Gasteiger partial charge in [-0.25, -0.2) is 0 Å². The van der Waals surface area contributed by atoms with Crippen molar-refractivity contribution in [3.8, 4) is 5.75 Å². The summed E-state index contributed by atoms with van der Waals surface area (Å²) in [6.45, 7) is 4.67. The molecule has 2 N–H and O–H groups in total. The predicted octanol–water partition coefficient (Wildman–Crippen LogP) is 3.80. The Bertz CT molecular complexity index is 1010. The number of hydrogen-bond donors (Lipinski definition) is 2. The van der Waals surface area contributed by atoms with Gasteiger partial charge in [-0.1, -0.05) is 43.7 Å². The van der Waals surface area contributed by atoms with Crippen molar-refractivity contribution in [3.05, 3.63) is 54.1 Å². The van der Waals surface area contributed by atoms with Crippen molar-refractivity contribution in [1.29, 1.82) is 0 Å². The first-order chi connectivity index (χ1) is 15.2. The number of ether oxygens (including phenoxy) is 2. The van der Waals surface area contributed by atoms with Crippen molar-refractivity contribution in [2.24, 2.45) is 28.6 Å². The zero-order chi connectivity index (χ0) is 22.4. The van der Waals surface area contributed by atoms with E-state index in [1.54, 1.807) is 12.2 Å². The van der Waals surface area contributed by atoms with Gasteiger partial charge < -0.3 is 19.7 Å². The maximum Gasteiger partial charge on any atom is 0.264 e. The van der Waals surface area contributed by atoms with Crippen molar-refractivity contribution >= 4 is 5.78 Å². The van der Waals surface area contributed by atoms with Crippen LogP contribution in [-0.2, 0) is 9.53 Å². The highest BCUT2D eigenvalue weighted by molar-refractivity contribution is 6.01. The van der Waals surface area contributed by atoms with E-state index in [-0.39, 0.29) is 29.0 Å². The van der Waals surface area contributed by atoms with Crippen LogP contribution in [0.15, 0.2) is 54.1 Å². The Morgan fingerprint density at radius 3 is 2.62 bits per heavy atom. The van der Waals surface area contributed by atoms with Crippen LogP contribution < -0.4 is 4.74 Å². The maximum absolute atomic E-state index is 12.2. The molecule has 5 aliphatic rings. The molecule has 5 heteroatoms. The molecular formula is C27H32O5. The standard InChI is InChI=1S/C27H32O5/c1-24-12-10-18(28)14-17(24)8-9-20-21-11-13-26(30,25(21,2)15-22(29)23(20)24)27(16-31-27)32-19-6-4-3-5-7-19/h3-7,10,12,14,20-23,29-30H,8-9,11,13,15-16H2,1-2H3/t20-,21-,22-,23+,24-,25-,26+,27+/m0/s1. The van der Waals surface area contributed by atoms with Crippen LogP contribution >= 0.6 is 0 Å². The average Bonchev–Trinajstić information content (AvgIpc) is 3.49. The molecule has 0 bridgehead atoms. The van der Waals surface area contributed by atoms with Crippen LogP contribution in [0.4, 0.5) is 0 Å². The van der Waals surface area contributed by atoms with E-state index >= 15 is 0 Å². The molecule has 170 valence electrons. The summed E-state index contributed by atoms with van der Waals surface area (Å²) in [6, 6.07) is 9.55. The minimum absolute atomic E-state index is 0.0483. The van der Waals surface area contributed by atoms with Crippen LogP contribution in [0.25, 0.3) is 0 Å². The Labute approximate surface area is 189 Å². The number of carbonyl (C=O) groups excluding carboxylic acids is 1. The van der Waals surface area contributed by atoms with E-state index < -0.39 is 22.9 Å². The van der Waals surface area contributed by atoms with Gasteiger partial charge in [-0.05, 0) is 68.2 Å². The van der Waals surface area contributed by atoms with E-state index in [2.05, 4.69) is 13.8 Å². The third-order valence-corrected chi connectivity index (χ3v) is 9.71. The number of hydrogen-bond acceptors (Lipinski definition) is 5. The molecule has 0 radical (unpaired) electrons. The van der Waals surface area contributed by atoms with Crippen molar-refractivity contribution < 1.29 is 24.5 Å². The molecule has 1 saturated heterocycles. The lowest BCUT2D eigenvalue weighted by Gasteiger charge is -2.60. The second-order valence-corrected chi connectivity index (χ2v) is 11.1. The van der Waals surface area contributed by atoms with Gasteiger partial charge >= 0.3 is 0 Å². The Morgan fingerprint density at radius 2 is 1.91 bits per heavy atom. The second kappa shape index (κ2) is 6.55. The summed E-state index contributed by atoms with van der Waals surface area (Å²) in [6.07, 6.45) is 8.71. The Morgan fingerprint density at radius 1 is 1.16 bits per heavy atom. The van der Waals surface area contributed by atoms with Crippen LogP contribution in [0.1, 0.15) is 46.0 Å². The van der Waals surface area contributed by atoms with Crippen LogP contribution in [0, 0.1) is 28.6 Å². The third-order valence-electron chi connectivity index (χ3n) is 9.71. The molecule has 1 heterocycles. The first-order valence-electron chi connectivity index (χ1n) is 12.0. The fraction of sp³-hybridized carbons (Fsp3) is 0.593. The molecule has 0 spiro atoms. The summed E-state index contributed by atoms with van der Waals surface area (Å²) in [4.78, 5) is 12.0. The van der Waals surface area contributed by atoms with E-state index in [9.17, 15) is 15.0 Å². The first-order valence-corrected chi connectivity index (χ1v) is 12.0. The Hall–Kier alpha value is -1.95. The van der Waals surface area contributed by atoms with Gasteiger partial charge in [-0.3, -0.25) is 4.79 Å². The normalized spacial score (nSPS) is 49.0. The van der Waals surface area contributed by atoms with E-state index in [4.69, 9.17) is 9.47 Å². The molecule has 0 aromatic heterocycles. The Balaban J connectivity index is 1.35. The number of ketones is 1. The van der Waals surface area contributed by atoms with Crippen molar-refractivity contribution in [2.45, 2.75) is 63.4 Å². The minimum Gasteiger partial charge on any atom is -0.457 e. The van der Waals surface area contributed by atoms with Crippen molar-refractivity contribution in [1.82, 2.24) is 0 Å². The molecule has 1 aliphatic heterocycles. The van der Waals surface area contributed by atoms with Gasteiger partial charge in [-0.15, -0.1) is 0 Å². The topological polar surface area (TPSA) is 79.3 Å². The average molecular weight is 437 g/mol. The minimum atomic E-state index is -1.16. The maximum atomic E-state index is 12.2.